The van der Waals surface area contributed by atoms with Crippen molar-refractivity contribution in [2.24, 2.45) is 5.92 Å². The van der Waals surface area contributed by atoms with Crippen molar-refractivity contribution in [3.63, 3.8) is 0 Å². The lowest BCUT2D eigenvalue weighted by molar-refractivity contribution is -0.136. The van der Waals surface area contributed by atoms with Crippen molar-refractivity contribution in [1.82, 2.24) is 10.2 Å². The molecule has 0 bridgehead atoms. The average Bonchev–Trinajstić information content (AvgIpc) is 2.68. The fourth-order valence-electron chi connectivity index (χ4n) is 1.85. The number of carbonyl (C=O) groups excluding carboxylic acids is 1. The summed E-state index contributed by atoms with van der Waals surface area (Å²) in [5, 5.41) is 3.07. The highest BCUT2D eigenvalue weighted by molar-refractivity contribution is 5.85. The van der Waals surface area contributed by atoms with E-state index in [-0.39, 0.29) is 24.2 Å². The molecule has 0 aliphatic carbocycles. The van der Waals surface area contributed by atoms with Crippen LogP contribution in [0.15, 0.2) is 0 Å². The van der Waals surface area contributed by atoms with E-state index in [1.807, 2.05) is 6.92 Å². The summed E-state index contributed by atoms with van der Waals surface area (Å²) in [6, 6.07) is 0. The first kappa shape index (κ1) is 15.6. The van der Waals surface area contributed by atoms with Gasteiger partial charge in [-0.1, -0.05) is 6.92 Å². The molecule has 0 aromatic rings. The first-order valence-electron chi connectivity index (χ1n) is 5.42. The Hall–Kier alpha value is -0.420. The standard InChI is InChI=1S/C10H18F2N2O.ClH/c1-2-5-14(7-9(11)12)10(15)8-3-4-13-6-8;/h8-9,13H,2-7H2,1H3;1H. The molecule has 1 unspecified atom stereocenters. The van der Waals surface area contributed by atoms with Gasteiger partial charge in [0, 0.05) is 13.1 Å². The van der Waals surface area contributed by atoms with Gasteiger partial charge in [-0.15, -0.1) is 12.4 Å². The van der Waals surface area contributed by atoms with Crippen molar-refractivity contribution in [3.05, 3.63) is 0 Å². The van der Waals surface area contributed by atoms with Crippen LogP contribution in [-0.4, -0.2) is 43.4 Å². The van der Waals surface area contributed by atoms with Crippen molar-refractivity contribution < 1.29 is 13.6 Å². The van der Waals surface area contributed by atoms with Crippen LogP contribution in [0, 0.1) is 5.92 Å². The highest BCUT2D eigenvalue weighted by Crippen LogP contribution is 2.13. The molecule has 1 rings (SSSR count). The number of halogens is 3. The predicted molar refractivity (Wildman–Crippen MR) is 61.1 cm³/mol. The molecule has 1 atom stereocenters. The molecule has 3 nitrogen and oxygen atoms in total. The number of amides is 1. The van der Waals surface area contributed by atoms with E-state index in [1.54, 1.807) is 0 Å². The van der Waals surface area contributed by atoms with Gasteiger partial charge in [0.15, 0.2) is 0 Å². The molecule has 6 heteroatoms. The van der Waals surface area contributed by atoms with Gasteiger partial charge in [0.25, 0.3) is 6.43 Å². The summed E-state index contributed by atoms with van der Waals surface area (Å²) in [6.07, 6.45) is -0.948. The molecule has 1 heterocycles. The fourth-order valence-corrected chi connectivity index (χ4v) is 1.85. The summed E-state index contributed by atoms with van der Waals surface area (Å²) in [7, 11) is 0. The van der Waals surface area contributed by atoms with E-state index in [1.165, 1.54) is 4.90 Å². The minimum Gasteiger partial charge on any atom is -0.337 e. The SMILES string of the molecule is CCCN(CC(F)F)C(=O)C1CCNC1.Cl. The molecule has 0 aromatic heterocycles. The lowest BCUT2D eigenvalue weighted by Gasteiger charge is -2.24. The maximum Gasteiger partial charge on any atom is 0.255 e. The van der Waals surface area contributed by atoms with E-state index in [0.29, 0.717) is 13.1 Å². The summed E-state index contributed by atoms with van der Waals surface area (Å²) in [6.45, 7) is 3.33. The number of alkyl halides is 2. The van der Waals surface area contributed by atoms with Gasteiger partial charge in [-0.2, -0.15) is 0 Å². The van der Waals surface area contributed by atoms with E-state index in [4.69, 9.17) is 0 Å². The average molecular weight is 257 g/mol. The maximum atomic E-state index is 12.2. The van der Waals surface area contributed by atoms with Gasteiger partial charge in [0.2, 0.25) is 5.91 Å². The monoisotopic (exact) mass is 256 g/mol. The van der Waals surface area contributed by atoms with Crippen LogP contribution in [0.3, 0.4) is 0 Å². The summed E-state index contributed by atoms with van der Waals surface area (Å²) in [5.41, 5.74) is 0. The minimum atomic E-state index is -2.44. The van der Waals surface area contributed by atoms with Gasteiger partial charge in [0.05, 0.1) is 12.5 Å². The minimum absolute atomic E-state index is 0. The van der Waals surface area contributed by atoms with E-state index >= 15 is 0 Å². The largest absolute Gasteiger partial charge is 0.337 e. The second-order valence-corrected chi connectivity index (χ2v) is 3.87. The van der Waals surface area contributed by atoms with Crippen LogP contribution >= 0.6 is 12.4 Å². The van der Waals surface area contributed by atoms with Crippen LogP contribution in [0.4, 0.5) is 8.78 Å². The summed E-state index contributed by atoms with van der Waals surface area (Å²) < 4.78 is 24.5. The molecular weight excluding hydrogens is 238 g/mol. The molecule has 16 heavy (non-hydrogen) atoms. The molecule has 1 saturated heterocycles. The van der Waals surface area contributed by atoms with Gasteiger partial charge in [0.1, 0.15) is 0 Å². The third-order valence-electron chi connectivity index (χ3n) is 2.57. The molecule has 0 radical (unpaired) electrons. The molecule has 0 spiro atoms. The fraction of sp³-hybridized carbons (Fsp3) is 0.900. The van der Waals surface area contributed by atoms with Crippen molar-refractivity contribution >= 4 is 18.3 Å². The lowest BCUT2D eigenvalue weighted by atomic mass is 10.1. The Balaban J connectivity index is 0.00000225. The van der Waals surface area contributed by atoms with Gasteiger partial charge < -0.3 is 10.2 Å². The molecule has 0 aromatic carbocycles. The summed E-state index contributed by atoms with van der Waals surface area (Å²) in [4.78, 5) is 13.1. The normalized spacial score (nSPS) is 19.6. The maximum absolute atomic E-state index is 12.2. The highest BCUT2D eigenvalue weighted by Gasteiger charge is 2.27. The van der Waals surface area contributed by atoms with Crippen molar-refractivity contribution in [1.29, 1.82) is 0 Å². The first-order valence-corrected chi connectivity index (χ1v) is 5.42. The van der Waals surface area contributed by atoms with Gasteiger partial charge >= 0.3 is 0 Å². The van der Waals surface area contributed by atoms with Crippen LogP contribution in [0.5, 0.6) is 0 Å². The molecule has 1 aliphatic rings. The Morgan fingerprint density at radius 2 is 2.25 bits per heavy atom. The van der Waals surface area contributed by atoms with E-state index in [0.717, 1.165) is 19.4 Å². The Morgan fingerprint density at radius 1 is 1.56 bits per heavy atom. The number of nitrogens with one attached hydrogen (secondary N) is 1. The van der Waals surface area contributed by atoms with E-state index in [2.05, 4.69) is 5.32 Å². The number of nitrogens with zero attached hydrogens (tertiary/aromatic N) is 1. The molecule has 1 fully saturated rings. The van der Waals surface area contributed by atoms with Crippen molar-refractivity contribution in [2.45, 2.75) is 26.2 Å². The third kappa shape index (κ3) is 4.61. The number of rotatable bonds is 5. The molecular formula is C10H19ClF2N2O. The van der Waals surface area contributed by atoms with Crippen molar-refractivity contribution in [2.75, 3.05) is 26.2 Å². The quantitative estimate of drug-likeness (QED) is 0.809. The van der Waals surface area contributed by atoms with Crippen LogP contribution < -0.4 is 5.32 Å². The summed E-state index contributed by atoms with van der Waals surface area (Å²) >= 11 is 0. The van der Waals surface area contributed by atoms with Crippen LogP contribution in [0.1, 0.15) is 19.8 Å². The third-order valence-corrected chi connectivity index (χ3v) is 2.57. The second kappa shape index (κ2) is 7.79. The Kier molecular flexibility index (Phi) is 7.58. The van der Waals surface area contributed by atoms with Crippen LogP contribution in [-0.2, 0) is 4.79 Å². The predicted octanol–water partition coefficient (Wildman–Crippen LogP) is 1.52. The number of carbonyl (C=O) groups is 1. The molecule has 0 saturated carbocycles. The van der Waals surface area contributed by atoms with Crippen LogP contribution in [0.2, 0.25) is 0 Å². The topological polar surface area (TPSA) is 32.3 Å². The molecule has 1 N–H and O–H groups in total. The first-order chi connectivity index (χ1) is 7.15. The molecule has 1 aliphatic heterocycles. The van der Waals surface area contributed by atoms with Gasteiger partial charge in [-0.05, 0) is 19.4 Å². The Bertz CT molecular complexity index is 211. The van der Waals surface area contributed by atoms with E-state index in [9.17, 15) is 13.6 Å². The zero-order valence-corrected chi connectivity index (χ0v) is 10.2. The zero-order valence-electron chi connectivity index (χ0n) is 9.42. The Labute approximate surface area is 101 Å². The smallest absolute Gasteiger partial charge is 0.255 e. The molecule has 96 valence electrons. The lowest BCUT2D eigenvalue weighted by Crippen LogP contribution is -2.40. The van der Waals surface area contributed by atoms with Gasteiger partial charge in [-0.25, -0.2) is 8.78 Å². The molecule has 1 amide bonds. The van der Waals surface area contributed by atoms with E-state index < -0.39 is 13.0 Å². The number of hydrogen-bond donors (Lipinski definition) is 1. The van der Waals surface area contributed by atoms with Crippen LogP contribution in [0.25, 0.3) is 0 Å². The highest BCUT2D eigenvalue weighted by atomic mass is 35.5. The zero-order chi connectivity index (χ0) is 11.3. The van der Waals surface area contributed by atoms with Crippen molar-refractivity contribution in [3.8, 4) is 0 Å². The Morgan fingerprint density at radius 3 is 2.69 bits per heavy atom. The second-order valence-electron chi connectivity index (χ2n) is 3.87. The van der Waals surface area contributed by atoms with Gasteiger partial charge in [-0.3, -0.25) is 4.79 Å². The summed E-state index contributed by atoms with van der Waals surface area (Å²) in [5.74, 6) is -0.225. The number of hydrogen-bond acceptors (Lipinski definition) is 2.